The summed E-state index contributed by atoms with van der Waals surface area (Å²) in [5.74, 6) is -2.09. The lowest BCUT2D eigenvalue weighted by molar-refractivity contribution is -0.147. The van der Waals surface area contributed by atoms with E-state index in [2.05, 4.69) is 5.32 Å². The average molecular weight is 553 g/mol. The van der Waals surface area contributed by atoms with Crippen molar-refractivity contribution >= 4 is 40.6 Å². The van der Waals surface area contributed by atoms with Gasteiger partial charge >= 0.3 is 18.0 Å². The van der Waals surface area contributed by atoms with Gasteiger partial charge in [0.2, 0.25) is 0 Å². The second kappa shape index (κ2) is 11.5. The van der Waals surface area contributed by atoms with Crippen LogP contribution in [0.4, 0.5) is 9.18 Å². The molecule has 1 atom stereocenters. The third-order valence-electron chi connectivity index (χ3n) is 3.80. The van der Waals surface area contributed by atoms with E-state index < -0.39 is 35.5 Å². The fourth-order valence-electron chi connectivity index (χ4n) is 2.54. The average Bonchev–Trinajstić information content (AvgIpc) is 2.65. The standard InChI is InChI=1S/C21H29FINO7/c1-11(2)10-30-18(25)14(24-20(27)31-21(3,4)5)9-12-8-13(22)16(23)15(17(12)28-6)19(26)29-7/h8,11,14H,9-10H2,1-7H3,(H,24,27). The van der Waals surface area contributed by atoms with Gasteiger partial charge in [-0.1, -0.05) is 13.8 Å². The Labute approximate surface area is 195 Å². The minimum Gasteiger partial charge on any atom is -0.496 e. The summed E-state index contributed by atoms with van der Waals surface area (Å²) in [5, 5.41) is 2.46. The number of halogens is 2. The Bertz CT molecular complexity index is 821. The number of carbonyl (C=O) groups excluding carboxylic acids is 3. The topological polar surface area (TPSA) is 100 Å². The first-order chi connectivity index (χ1) is 14.3. The van der Waals surface area contributed by atoms with Gasteiger partial charge in [-0.05, 0) is 55.3 Å². The SMILES string of the molecule is COC(=O)c1c(I)c(F)cc(CC(NC(=O)OC(C)(C)C)C(=O)OCC(C)C)c1OC. The van der Waals surface area contributed by atoms with E-state index in [0.717, 1.165) is 6.07 Å². The highest BCUT2D eigenvalue weighted by Crippen LogP contribution is 2.32. The van der Waals surface area contributed by atoms with E-state index in [0.29, 0.717) is 0 Å². The van der Waals surface area contributed by atoms with Crippen LogP contribution in [0.5, 0.6) is 5.75 Å². The molecule has 0 aromatic heterocycles. The molecule has 0 radical (unpaired) electrons. The predicted octanol–water partition coefficient (Wildman–Crippen LogP) is 3.86. The number of methoxy groups -OCH3 is 2. The number of amides is 1. The summed E-state index contributed by atoms with van der Waals surface area (Å²) in [6.07, 6.45) is -1.03. The van der Waals surface area contributed by atoms with E-state index in [9.17, 15) is 18.8 Å². The number of alkyl carbamates (subject to hydrolysis) is 1. The van der Waals surface area contributed by atoms with Gasteiger partial charge in [-0.3, -0.25) is 0 Å². The molecule has 0 saturated heterocycles. The Kier molecular flexibility index (Phi) is 9.98. The molecule has 0 spiro atoms. The van der Waals surface area contributed by atoms with Gasteiger partial charge < -0.3 is 24.3 Å². The molecular weight excluding hydrogens is 524 g/mol. The molecule has 1 aromatic rings. The highest BCUT2D eigenvalue weighted by atomic mass is 127. The molecule has 174 valence electrons. The van der Waals surface area contributed by atoms with Crippen molar-refractivity contribution in [1.82, 2.24) is 5.32 Å². The van der Waals surface area contributed by atoms with E-state index in [1.165, 1.54) is 14.2 Å². The van der Waals surface area contributed by atoms with Crippen molar-refractivity contribution in [3.8, 4) is 5.75 Å². The first-order valence-electron chi connectivity index (χ1n) is 9.60. The molecule has 31 heavy (non-hydrogen) atoms. The Morgan fingerprint density at radius 2 is 1.81 bits per heavy atom. The number of rotatable bonds is 8. The minimum absolute atomic E-state index is 0.0177. The molecule has 0 bridgehead atoms. The van der Waals surface area contributed by atoms with Crippen molar-refractivity contribution in [3.63, 3.8) is 0 Å². The molecule has 1 rings (SSSR count). The normalized spacial score (nSPS) is 12.2. The van der Waals surface area contributed by atoms with Crippen molar-refractivity contribution in [3.05, 3.63) is 26.6 Å². The van der Waals surface area contributed by atoms with Crippen LogP contribution in [-0.4, -0.2) is 50.5 Å². The lowest BCUT2D eigenvalue weighted by atomic mass is 10.0. The summed E-state index contributed by atoms with van der Waals surface area (Å²) in [6, 6.07) is -0.0560. The quantitative estimate of drug-likeness (QED) is 0.297. The van der Waals surface area contributed by atoms with Crippen LogP contribution in [-0.2, 0) is 25.4 Å². The zero-order chi connectivity index (χ0) is 23.9. The van der Waals surface area contributed by atoms with Crippen LogP contribution in [0, 0.1) is 15.3 Å². The Morgan fingerprint density at radius 3 is 2.29 bits per heavy atom. The third kappa shape index (κ3) is 8.15. The fraction of sp³-hybridized carbons (Fsp3) is 0.571. The first kappa shape index (κ1) is 26.9. The van der Waals surface area contributed by atoms with Crippen molar-refractivity contribution in [2.24, 2.45) is 5.92 Å². The summed E-state index contributed by atoms with van der Waals surface area (Å²) < 4.78 is 35.1. The highest BCUT2D eigenvalue weighted by Gasteiger charge is 2.30. The Balaban J connectivity index is 3.34. The molecule has 10 heteroatoms. The van der Waals surface area contributed by atoms with Crippen molar-refractivity contribution in [2.75, 3.05) is 20.8 Å². The number of hydrogen-bond acceptors (Lipinski definition) is 7. The fourth-order valence-corrected chi connectivity index (χ4v) is 3.16. The Hall–Kier alpha value is -2.11. The van der Waals surface area contributed by atoms with Crippen molar-refractivity contribution in [1.29, 1.82) is 0 Å². The van der Waals surface area contributed by atoms with Gasteiger partial charge in [0.1, 0.15) is 28.8 Å². The van der Waals surface area contributed by atoms with Crippen LogP contribution in [0.2, 0.25) is 0 Å². The summed E-state index contributed by atoms with van der Waals surface area (Å²) in [4.78, 5) is 37.1. The largest absolute Gasteiger partial charge is 0.496 e. The second-order valence-electron chi connectivity index (χ2n) is 8.16. The number of ether oxygens (including phenoxy) is 4. The molecule has 0 fully saturated rings. The molecule has 1 aromatic carbocycles. The first-order valence-corrected chi connectivity index (χ1v) is 10.7. The molecule has 0 saturated carbocycles. The van der Waals surface area contributed by atoms with E-state index in [1.54, 1.807) is 43.4 Å². The maximum absolute atomic E-state index is 14.5. The lowest BCUT2D eigenvalue weighted by Gasteiger charge is -2.24. The molecule has 1 N–H and O–H groups in total. The number of nitrogens with one attached hydrogen (secondary N) is 1. The number of esters is 2. The minimum atomic E-state index is -1.20. The molecule has 0 aliphatic carbocycles. The van der Waals surface area contributed by atoms with Gasteiger partial charge in [0.05, 0.1) is 24.4 Å². The summed E-state index contributed by atoms with van der Waals surface area (Å²) in [7, 11) is 2.48. The number of benzene rings is 1. The van der Waals surface area contributed by atoms with Gasteiger partial charge in [-0.2, -0.15) is 0 Å². The summed E-state index contributed by atoms with van der Waals surface area (Å²) in [6.45, 7) is 8.90. The maximum Gasteiger partial charge on any atom is 0.408 e. The van der Waals surface area contributed by atoms with Gasteiger partial charge in [0.15, 0.2) is 0 Å². The van der Waals surface area contributed by atoms with Crippen molar-refractivity contribution < 1.29 is 37.7 Å². The van der Waals surface area contributed by atoms with E-state index in [-0.39, 0.29) is 39.4 Å². The van der Waals surface area contributed by atoms with E-state index in [4.69, 9.17) is 18.9 Å². The highest BCUT2D eigenvalue weighted by molar-refractivity contribution is 14.1. The van der Waals surface area contributed by atoms with Crippen LogP contribution in [0.15, 0.2) is 6.07 Å². The third-order valence-corrected chi connectivity index (χ3v) is 4.86. The summed E-state index contributed by atoms with van der Waals surface area (Å²) >= 11 is 1.67. The summed E-state index contributed by atoms with van der Waals surface area (Å²) in [5.41, 5.74) is -0.711. The van der Waals surface area contributed by atoms with Crippen LogP contribution in [0.25, 0.3) is 0 Å². The number of carbonyl (C=O) groups is 3. The van der Waals surface area contributed by atoms with Crippen LogP contribution < -0.4 is 10.1 Å². The second-order valence-corrected chi connectivity index (χ2v) is 9.24. The molecule has 0 heterocycles. The van der Waals surface area contributed by atoms with E-state index >= 15 is 0 Å². The molecule has 1 unspecified atom stereocenters. The van der Waals surface area contributed by atoms with Crippen LogP contribution in [0.1, 0.15) is 50.5 Å². The van der Waals surface area contributed by atoms with E-state index in [1.807, 2.05) is 13.8 Å². The van der Waals surface area contributed by atoms with Gasteiger partial charge in [-0.15, -0.1) is 0 Å². The zero-order valence-corrected chi connectivity index (χ0v) is 20.9. The zero-order valence-electron chi connectivity index (χ0n) is 18.8. The molecule has 8 nitrogen and oxygen atoms in total. The van der Waals surface area contributed by atoms with Crippen molar-refractivity contribution in [2.45, 2.75) is 52.7 Å². The van der Waals surface area contributed by atoms with Crippen LogP contribution >= 0.6 is 22.6 Å². The molecular formula is C21H29FINO7. The number of hydrogen-bond donors (Lipinski definition) is 1. The van der Waals surface area contributed by atoms with Gasteiger partial charge in [0, 0.05) is 12.0 Å². The lowest BCUT2D eigenvalue weighted by Crippen LogP contribution is -2.45. The van der Waals surface area contributed by atoms with Gasteiger partial charge in [-0.25, -0.2) is 18.8 Å². The maximum atomic E-state index is 14.5. The Morgan fingerprint density at radius 1 is 1.19 bits per heavy atom. The molecule has 0 aliphatic rings. The van der Waals surface area contributed by atoms with Gasteiger partial charge in [0.25, 0.3) is 0 Å². The van der Waals surface area contributed by atoms with Crippen LogP contribution in [0.3, 0.4) is 0 Å². The smallest absolute Gasteiger partial charge is 0.408 e. The molecule has 0 aliphatic heterocycles. The molecule has 1 amide bonds. The monoisotopic (exact) mass is 553 g/mol. The predicted molar refractivity (Wildman–Crippen MR) is 120 cm³/mol.